The maximum absolute atomic E-state index is 9.71. The first-order chi connectivity index (χ1) is 9.10. The highest BCUT2D eigenvalue weighted by atomic mass is 16.3. The molecule has 2 atom stereocenters. The van der Waals surface area contributed by atoms with Crippen LogP contribution in [0.2, 0.25) is 0 Å². The fraction of sp³-hybridized carbons (Fsp3) is 1.00. The number of nitrogens with zero attached hydrogens (tertiary/aromatic N) is 1. The Balaban J connectivity index is 1.93. The molecule has 2 saturated carbocycles. The van der Waals surface area contributed by atoms with Crippen LogP contribution in [0, 0.1) is 5.92 Å². The van der Waals surface area contributed by atoms with Crippen molar-refractivity contribution in [2.45, 2.75) is 75.9 Å². The van der Waals surface area contributed by atoms with Gasteiger partial charge in [-0.15, -0.1) is 0 Å². The van der Waals surface area contributed by atoms with E-state index in [4.69, 9.17) is 0 Å². The van der Waals surface area contributed by atoms with Crippen molar-refractivity contribution < 1.29 is 5.11 Å². The Labute approximate surface area is 118 Å². The highest BCUT2D eigenvalue weighted by molar-refractivity contribution is 4.96. The molecule has 0 aromatic rings. The average molecular weight is 268 g/mol. The predicted molar refractivity (Wildman–Crippen MR) is 80.3 cm³/mol. The third kappa shape index (κ3) is 3.50. The third-order valence-electron chi connectivity index (χ3n) is 5.79. The van der Waals surface area contributed by atoms with Crippen LogP contribution < -0.4 is 5.32 Å². The molecule has 3 nitrogen and oxygen atoms in total. The Morgan fingerprint density at radius 3 is 2.42 bits per heavy atom. The molecule has 0 radical (unpaired) electrons. The maximum Gasteiger partial charge on any atom is 0.0613 e. The van der Waals surface area contributed by atoms with Crippen molar-refractivity contribution in [1.82, 2.24) is 10.2 Å². The topological polar surface area (TPSA) is 35.5 Å². The lowest BCUT2D eigenvalue weighted by molar-refractivity contribution is 0.0437. The number of hydrogen-bond acceptors (Lipinski definition) is 3. The van der Waals surface area contributed by atoms with Crippen LogP contribution >= 0.6 is 0 Å². The summed E-state index contributed by atoms with van der Waals surface area (Å²) in [6, 6.07) is 1.42. The molecular weight excluding hydrogens is 236 g/mol. The first-order valence-corrected chi connectivity index (χ1v) is 8.12. The van der Waals surface area contributed by atoms with E-state index in [1.807, 2.05) is 7.05 Å². The molecule has 0 bridgehead atoms. The Morgan fingerprint density at radius 1 is 1.16 bits per heavy atom. The van der Waals surface area contributed by atoms with Gasteiger partial charge in [0.05, 0.1) is 6.61 Å². The standard InChI is InChI=1S/C16H32N2O/c1-13-6-8-14(9-7-13)18(3)15-5-4-10-16(11-15,12-19)17-2/h13-15,17,19H,4-12H2,1-3H3. The molecule has 2 unspecified atom stereocenters. The van der Waals surface area contributed by atoms with Crippen molar-refractivity contribution in [3.05, 3.63) is 0 Å². The van der Waals surface area contributed by atoms with Crippen molar-refractivity contribution in [2.24, 2.45) is 5.92 Å². The zero-order valence-corrected chi connectivity index (χ0v) is 13.0. The van der Waals surface area contributed by atoms with Gasteiger partial charge in [-0.2, -0.15) is 0 Å². The SMILES string of the molecule is CNC1(CO)CCCC(N(C)C2CCC(C)CC2)C1. The van der Waals surface area contributed by atoms with Crippen LogP contribution in [0.5, 0.6) is 0 Å². The zero-order valence-electron chi connectivity index (χ0n) is 13.0. The molecule has 2 rings (SSSR count). The van der Waals surface area contributed by atoms with Crippen LogP contribution in [0.3, 0.4) is 0 Å². The van der Waals surface area contributed by atoms with Gasteiger partial charge in [-0.1, -0.05) is 6.92 Å². The van der Waals surface area contributed by atoms with Crippen molar-refractivity contribution in [2.75, 3.05) is 20.7 Å². The molecule has 2 N–H and O–H groups in total. The van der Waals surface area contributed by atoms with E-state index < -0.39 is 0 Å². The molecule has 0 aromatic heterocycles. The van der Waals surface area contributed by atoms with Gasteiger partial charge in [0.2, 0.25) is 0 Å². The van der Waals surface area contributed by atoms with E-state index in [0.717, 1.165) is 24.8 Å². The van der Waals surface area contributed by atoms with Gasteiger partial charge in [0.1, 0.15) is 0 Å². The van der Waals surface area contributed by atoms with Crippen LogP contribution in [0.25, 0.3) is 0 Å². The predicted octanol–water partition coefficient (Wildman–Crippen LogP) is 2.39. The fourth-order valence-corrected chi connectivity index (χ4v) is 4.08. The Morgan fingerprint density at radius 2 is 1.84 bits per heavy atom. The second-order valence-electron chi connectivity index (χ2n) is 7.02. The summed E-state index contributed by atoms with van der Waals surface area (Å²) in [5, 5.41) is 13.1. The van der Waals surface area contributed by atoms with E-state index in [-0.39, 0.29) is 12.1 Å². The van der Waals surface area contributed by atoms with Crippen LogP contribution in [-0.4, -0.2) is 48.3 Å². The molecule has 2 fully saturated rings. The minimum absolute atomic E-state index is 0.0286. The normalized spacial score (nSPS) is 40.6. The summed E-state index contributed by atoms with van der Waals surface area (Å²) in [7, 11) is 4.31. The quantitative estimate of drug-likeness (QED) is 0.822. The summed E-state index contributed by atoms with van der Waals surface area (Å²) < 4.78 is 0. The molecule has 0 aromatic carbocycles. The number of aliphatic hydroxyl groups excluding tert-OH is 1. The van der Waals surface area contributed by atoms with Gasteiger partial charge in [-0.05, 0) is 71.4 Å². The number of rotatable bonds is 4. The minimum Gasteiger partial charge on any atom is -0.394 e. The monoisotopic (exact) mass is 268 g/mol. The largest absolute Gasteiger partial charge is 0.394 e. The lowest BCUT2D eigenvalue weighted by Crippen LogP contribution is -2.55. The van der Waals surface area contributed by atoms with Crippen LogP contribution in [0.15, 0.2) is 0 Å². The Bertz CT molecular complexity index is 270. The minimum atomic E-state index is -0.0286. The average Bonchev–Trinajstić information content (AvgIpc) is 2.47. The highest BCUT2D eigenvalue weighted by Crippen LogP contribution is 2.34. The Hall–Kier alpha value is -0.120. The maximum atomic E-state index is 9.71. The number of likely N-dealkylation sites (N-methyl/N-ethyl adjacent to an activating group) is 1. The molecule has 0 saturated heterocycles. The van der Waals surface area contributed by atoms with Gasteiger partial charge in [0.15, 0.2) is 0 Å². The van der Waals surface area contributed by atoms with E-state index in [1.54, 1.807) is 0 Å². The molecule has 2 aliphatic rings. The molecule has 0 spiro atoms. The zero-order chi connectivity index (χ0) is 13.9. The van der Waals surface area contributed by atoms with Gasteiger partial charge >= 0.3 is 0 Å². The molecule has 0 heterocycles. The smallest absolute Gasteiger partial charge is 0.0613 e. The van der Waals surface area contributed by atoms with Crippen LogP contribution in [0.1, 0.15) is 58.3 Å². The summed E-state index contributed by atoms with van der Waals surface area (Å²) in [5.41, 5.74) is -0.0286. The Kier molecular flexibility index (Phi) is 5.27. The number of aliphatic hydroxyl groups is 1. The van der Waals surface area contributed by atoms with Gasteiger partial charge in [-0.25, -0.2) is 0 Å². The van der Waals surface area contributed by atoms with E-state index in [9.17, 15) is 5.11 Å². The lowest BCUT2D eigenvalue weighted by Gasteiger charge is -2.46. The lowest BCUT2D eigenvalue weighted by atomic mass is 9.77. The second kappa shape index (κ2) is 6.55. The molecule has 112 valence electrons. The summed E-state index contributed by atoms with van der Waals surface area (Å²) in [6.07, 6.45) is 10.2. The van der Waals surface area contributed by atoms with Crippen molar-refractivity contribution in [3.63, 3.8) is 0 Å². The first kappa shape index (κ1) is 15.3. The van der Waals surface area contributed by atoms with E-state index >= 15 is 0 Å². The van der Waals surface area contributed by atoms with Crippen molar-refractivity contribution in [1.29, 1.82) is 0 Å². The molecule has 0 amide bonds. The van der Waals surface area contributed by atoms with Crippen LogP contribution in [-0.2, 0) is 0 Å². The first-order valence-electron chi connectivity index (χ1n) is 8.12. The van der Waals surface area contributed by atoms with Crippen molar-refractivity contribution in [3.8, 4) is 0 Å². The van der Waals surface area contributed by atoms with Gasteiger partial charge in [0, 0.05) is 17.6 Å². The molecular formula is C16H32N2O. The fourth-order valence-electron chi connectivity index (χ4n) is 4.08. The summed E-state index contributed by atoms with van der Waals surface area (Å²) in [4.78, 5) is 2.63. The van der Waals surface area contributed by atoms with Gasteiger partial charge < -0.3 is 15.3 Å². The molecule has 19 heavy (non-hydrogen) atoms. The molecule has 2 aliphatic carbocycles. The summed E-state index contributed by atoms with van der Waals surface area (Å²) >= 11 is 0. The molecule has 3 heteroatoms. The number of hydrogen-bond donors (Lipinski definition) is 2. The van der Waals surface area contributed by atoms with E-state index in [2.05, 4.69) is 24.2 Å². The number of nitrogens with one attached hydrogen (secondary N) is 1. The van der Waals surface area contributed by atoms with E-state index in [1.165, 1.54) is 38.5 Å². The van der Waals surface area contributed by atoms with Gasteiger partial charge in [0.25, 0.3) is 0 Å². The third-order valence-corrected chi connectivity index (χ3v) is 5.79. The highest BCUT2D eigenvalue weighted by Gasteiger charge is 2.37. The molecule has 0 aliphatic heterocycles. The van der Waals surface area contributed by atoms with Gasteiger partial charge in [-0.3, -0.25) is 0 Å². The second-order valence-corrected chi connectivity index (χ2v) is 7.02. The van der Waals surface area contributed by atoms with Crippen LogP contribution in [0.4, 0.5) is 0 Å². The summed E-state index contributed by atoms with van der Waals surface area (Å²) in [5.74, 6) is 0.921. The summed E-state index contributed by atoms with van der Waals surface area (Å²) in [6.45, 7) is 2.66. The van der Waals surface area contributed by atoms with Crippen molar-refractivity contribution >= 4 is 0 Å². The van der Waals surface area contributed by atoms with E-state index in [0.29, 0.717) is 6.04 Å².